The lowest BCUT2D eigenvalue weighted by molar-refractivity contribution is 0.0450. The van der Waals surface area contributed by atoms with Gasteiger partial charge in [0.15, 0.2) is 0 Å². The fraction of sp³-hybridized carbons (Fsp3) is 0.586. The summed E-state index contributed by atoms with van der Waals surface area (Å²) in [6, 6.07) is 6.74. The number of allylic oxidation sites excluding steroid dienone is 2. The molecule has 0 aromatic heterocycles. The van der Waals surface area contributed by atoms with E-state index in [4.69, 9.17) is 9.47 Å². The molecule has 0 saturated heterocycles. The number of ether oxygens (including phenoxy) is 2. The van der Waals surface area contributed by atoms with Crippen LogP contribution in [0.5, 0.6) is 0 Å². The van der Waals surface area contributed by atoms with Crippen LogP contribution in [0.15, 0.2) is 48.7 Å². The zero-order valence-corrected chi connectivity index (χ0v) is 21.4. The smallest absolute Gasteiger partial charge is 0.339 e. The monoisotopic (exact) mass is 471 g/mol. The Balaban J connectivity index is 0.000000830. The molecule has 5 heteroatoms. The molecule has 0 atom stereocenters. The SMILES string of the molecule is C1=CCNC=C1.CCCCCCCCOC(=O)c1ccccc1C(=O)OCCCCCCCC. The zero-order chi connectivity index (χ0) is 24.7. The number of carbonyl (C=O) groups is 2. The molecular weight excluding hydrogens is 426 g/mol. The van der Waals surface area contributed by atoms with E-state index < -0.39 is 11.9 Å². The van der Waals surface area contributed by atoms with E-state index in [-0.39, 0.29) is 0 Å². The molecule has 190 valence electrons. The van der Waals surface area contributed by atoms with Crippen LogP contribution in [0.3, 0.4) is 0 Å². The molecule has 1 aliphatic heterocycles. The molecule has 1 aliphatic rings. The number of unbranched alkanes of at least 4 members (excludes halogenated alkanes) is 10. The highest BCUT2D eigenvalue weighted by molar-refractivity contribution is 6.03. The van der Waals surface area contributed by atoms with Gasteiger partial charge in [-0.15, -0.1) is 0 Å². The number of nitrogens with one attached hydrogen (secondary N) is 1. The maximum absolute atomic E-state index is 12.4. The Labute approximate surface area is 207 Å². The van der Waals surface area contributed by atoms with Crippen LogP contribution in [0.4, 0.5) is 0 Å². The molecule has 2 rings (SSSR count). The highest BCUT2D eigenvalue weighted by Gasteiger charge is 2.18. The molecule has 0 amide bonds. The first kappa shape index (κ1) is 29.5. The average Bonchev–Trinajstić information content (AvgIpc) is 2.88. The summed E-state index contributed by atoms with van der Waals surface area (Å²) in [5, 5.41) is 3.02. The summed E-state index contributed by atoms with van der Waals surface area (Å²) < 4.78 is 10.7. The number of rotatable bonds is 16. The number of benzene rings is 1. The van der Waals surface area contributed by atoms with Crippen molar-refractivity contribution in [1.82, 2.24) is 5.32 Å². The number of hydrogen-bond donors (Lipinski definition) is 1. The van der Waals surface area contributed by atoms with Gasteiger partial charge in [-0.25, -0.2) is 9.59 Å². The van der Waals surface area contributed by atoms with Crippen molar-refractivity contribution in [3.63, 3.8) is 0 Å². The van der Waals surface area contributed by atoms with E-state index in [1.54, 1.807) is 24.3 Å². The Hall–Kier alpha value is -2.56. The van der Waals surface area contributed by atoms with Crippen molar-refractivity contribution in [2.75, 3.05) is 19.8 Å². The summed E-state index contributed by atoms with van der Waals surface area (Å²) >= 11 is 0. The largest absolute Gasteiger partial charge is 0.462 e. The van der Waals surface area contributed by atoms with Crippen LogP contribution >= 0.6 is 0 Å². The Kier molecular flexibility index (Phi) is 18.2. The Morgan fingerprint density at radius 2 is 1.18 bits per heavy atom. The fourth-order valence-corrected chi connectivity index (χ4v) is 3.50. The van der Waals surface area contributed by atoms with Gasteiger partial charge in [-0.2, -0.15) is 0 Å². The summed E-state index contributed by atoms with van der Waals surface area (Å²) in [6.07, 6.45) is 21.6. The number of esters is 2. The molecule has 0 aliphatic carbocycles. The van der Waals surface area contributed by atoms with Crippen molar-refractivity contribution in [1.29, 1.82) is 0 Å². The molecule has 1 heterocycles. The quantitative estimate of drug-likeness (QED) is 0.201. The van der Waals surface area contributed by atoms with Gasteiger partial charge in [0.2, 0.25) is 0 Å². The highest BCUT2D eigenvalue weighted by Crippen LogP contribution is 2.14. The Morgan fingerprint density at radius 3 is 1.53 bits per heavy atom. The maximum Gasteiger partial charge on any atom is 0.339 e. The molecule has 0 bridgehead atoms. The van der Waals surface area contributed by atoms with Crippen LogP contribution in [-0.2, 0) is 9.47 Å². The second-order valence-corrected chi connectivity index (χ2v) is 8.55. The molecule has 1 aromatic rings. The molecule has 0 spiro atoms. The van der Waals surface area contributed by atoms with Gasteiger partial charge in [-0.1, -0.05) is 102 Å². The minimum atomic E-state index is -0.444. The van der Waals surface area contributed by atoms with Crippen LogP contribution in [0.2, 0.25) is 0 Å². The fourth-order valence-electron chi connectivity index (χ4n) is 3.50. The van der Waals surface area contributed by atoms with Crippen LogP contribution in [0, 0.1) is 0 Å². The summed E-state index contributed by atoms with van der Waals surface area (Å²) in [7, 11) is 0. The lowest BCUT2D eigenvalue weighted by atomic mass is 10.1. The van der Waals surface area contributed by atoms with E-state index in [2.05, 4.69) is 25.2 Å². The molecule has 1 aromatic carbocycles. The van der Waals surface area contributed by atoms with Gasteiger partial charge in [-0.3, -0.25) is 0 Å². The molecule has 1 N–H and O–H groups in total. The predicted octanol–water partition coefficient (Wildman–Crippen LogP) is 7.38. The standard InChI is InChI=1S/C24H38O4.C5H7N/c1-3-5-7-9-11-15-19-27-23(25)21-17-13-14-18-22(21)24(26)28-20-16-12-10-8-6-4-2;1-2-4-6-5-3-1/h13-14,17-18H,3-12,15-16,19-20H2,1-2H3;1-4,6H,5H2. The summed E-state index contributed by atoms with van der Waals surface area (Å²) in [4.78, 5) is 24.7. The number of hydrogen-bond acceptors (Lipinski definition) is 5. The predicted molar refractivity (Wildman–Crippen MR) is 140 cm³/mol. The van der Waals surface area contributed by atoms with Gasteiger partial charge < -0.3 is 14.8 Å². The van der Waals surface area contributed by atoms with Crippen LogP contribution in [-0.4, -0.2) is 31.7 Å². The van der Waals surface area contributed by atoms with E-state index in [0.29, 0.717) is 24.3 Å². The molecule has 5 nitrogen and oxygen atoms in total. The number of carbonyl (C=O) groups excluding carboxylic acids is 2. The molecule has 0 radical (unpaired) electrons. The average molecular weight is 472 g/mol. The summed E-state index contributed by atoms with van der Waals surface area (Å²) in [5.74, 6) is -0.888. The van der Waals surface area contributed by atoms with E-state index >= 15 is 0 Å². The third-order valence-corrected chi connectivity index (χ3v) is 5.53. The van der Waals surface area contributed by atoms with Gasteiger partial charge in [-0.05, 0) is 37.3 Å². The Bertz CT molecular complexity index is 666. The van der Waals surface area contributed by atoms with Crippen LogP contribution in [0.1, 0.15) is 112 Å². The van der Waals surface area contributed by atoms with Crippen molar-refractivity contribution in [2.24, 2.45) is 0 Å². The van der Waals surface area contributed by atoms with Gasteiger partial charge in [0.1, 0.15) is 0 Å². The van der Waals surface area contributed by atoms with Crippen molar-refractivity contribution in [3.05, 3.63) is 59.8 Å². The van der Waals surface area contributed by atoms with E-state index in [1.165, 1.54) is 51.4 Å². The first-order chi connectivity index (χ1) is 16.7. The summed E-state index contributed by atoms with van der Waals surface area (Å²) in [5.41, 5.74) is 0.586. The van der Waals surface area contributed by atoms with Crippen molar-refractivity contribution in [2.45, 2.75) is 90.9 Å². The minimum absolute atomic E-state index is 0.293. The van der Waals surface area contributed by atoms with Crippen molar-refractivity contribution < 1.29 is 19.1 Å². The molecule has 0 saturated carbocycles. The normalized spacial score (nSPS) is 11.8. The van der Waals surface area contributed by atoms with Gasteiger partial charge in [0.05, 0.1) is 24.3 Å². The number of dihydropyridines is 1. The van der Waals surface area contributed by atoms with E-state index in [1.807, 2.05) is 18.4 Å². The molecule has 0 fully saturated rings. The van der Waals surface area contributed by atoms with Gasteiger partial charge in [0, 0.05) is 6.54 Å². The first-order valence-electron chi connectivity index (χ1n) is 13.2. The van der Waals surface area contributed by atoms with Gasteiger partial charge in [0.25, 0.3) is 0 Å². The zero-order valence-electron chi connectivity index (χ0n) is 21.4. The van der Waals surface area contributed by atoms with Crippen LogP contribution in [0.25, 0.3) is 0 Å². The second-order valence-electron chi connectivity index (χ2n) is 8.55. The highest BCUT2D eigenvalue weighted by atomic mass is 16.5. The molecular formula is C29H45NO4. The third kappa shape index (κ3) is 14.6. The summed E-state index contributed by atoms with van der Waals surface area (Å²) in [6.45, 7) is 6.16. The van der Waals surface area contributed by atoms with E-state index in [0.717, 1.165) is 32.2 Å². The molecule has 0 unspecified atom stereocenters. The lowest BCUT2D eigenvalue weighted by Gasteiger charge is -2.10. The van der Waals surface area contributed by atoms with Crippen molar-refractivity contribution >= 4 is 11.9 Å². The first-order valence-corrected chi connectivity index (χ1v) is 13.2. The lowest BCUT2D eigenvalue weighted by Crippen LogP contribution is -2.15. The Morgan fingerprint density at radius 1 is 0.706 bits per heavy atom. The van der Waals surface area contributed by atoms with Crippen LogP contribution < -0.4 is 5.32 Å². The van der Waals surface area contributed by atoms with Gasteiger partial charge >= 0.3 is 11.9 Å². The van der Waals surface area contributed by atoms with Crippen molar-refractivity contribution in [3.8, 4) is 0 Å². The molecule has 34 heavy (non-hydrogen) atoms. The van der Waals surface area contributed by atoms with E-state index in [9.17, 15) is 9.59 Å². The topological polar surface area (TPSA) is 64.6 Å². The third-order valence-electron chi connectivity index (χ3n) is 5.53. The second kappa shape index (κ2) is 21.0. The maximum atomic E-state index is 12.4. The minimum Gasteiger partial charge on any atom is -0.462 e.